The monoisotopic (exact) mass is 358 g/mol. The average molecular weight is 358 g/mol. The highest BCUT2D eigenvalue weighted by Gasteiger charge is 2.23. The van der Waals surface area contributed by atoms with Gasteiger partial charge in [0.05, 0.1) is 6.61 Å². The quantitative estimate of drug-likeness (QED) is 0.523. The van der Waals surface area contributed by atoms with Gasteiger partial charge >= 0.3 is 5.97 Å². The Bertz CT molecular complexity index is 718. The van der Waals surface area contributed by atoms with E-state index in [2.05, 4.69) is 5.32 Å². The van der Waals surface area contributed by atoms with Crippen molar-refractivity contribution >= 4 is 11.9 Å². The van der Waals surface area contributed by atoms with Crippen LogP contribution in [0.4, 0.5) is 0 Å². The lowest BCUT2D eigenvalue weighted by molar-refractivity contribution is -0.142. The molecule has 2 aromatic carbocycles. The Balaban J connectivity index is 1.93. The molecule has 0 aliphatic heterocycles. The molecule has 2 atom stereocenters. The maximum Gasteiger partial charge on any atom is 0.326 e. The number of aliphatic hydroxyl groups is 1. The van der Waals surface area contributed by atoms with Gasteiger partial charge in [-0.3, -0.25) is 4.79 Å². The molecule has 7 nitrogen and oxygen atoms in total. The molecule has 2 rings (SSSR count). The first-order valence-corrected chi connectivity index (χ1v) is 8.15. The summed E-state index contributed by atoms with van der Waals surface area (Å²) in [5.41, 5.74) is 7.16. The van der Waals surface area contributed by atoms with Gasteiger partial charge in [-0.25, -0.2) is 4.79 Å². The molecule has 26 heavy (non-hydrogen) atoms. The van der Waals surface area contributed by atoms with Crippen molar-refractivity contribution in [1.82, 2.24) is 5.32 Å². The van der Waals surface area contributed by atoms with E-state index < -0.39 is 30.6 Å². The summed E-state index contributed by atoms with van der Waals surface area (Å²) in [5, 5.41) is 20.4. The third kappa shape index (κ3) is 5.87. The van der Waals surface area contributed by atoms with E-state index in [0.717, 1.165) is 11.1 Å². The molecule has 0 unspecified atom stereocenters. The van der Waals surface area contributed by atoms with Crippen LogP contribution in [0.1, 0.15) is 11.1 Å². The Morgan fingerprint density at radius 2 is 1.69 bits per heavy atom. The summed E-state index contributed by atoms with van der Waals surface area (Å²) in [6, 6.07) is 14.4. The van der Waals surface area contributed by atoms with Gasteiger partial charge < -0.3 is 26.0 Å². The van der Waals surface area contributed by atoms with Gasteiger partial charge in [0.2, 0.25) is 5.91 Å². The fourth-order valence-corrected chi connectivity index (χ4v) is 2.26. The number of hydrogen-bond donors (Lipinski definition) is 4. The van der Waals surface area contributed by atoms with Crippen molar-refractivity contribution in [3.05, 3.63) is 65.7 Å². The lowest BCUT2D eigenvalue weighted by Gasteiger charge is -2.17. The van der Waals surface area contributed by atoms with Gasteiger partial charge in [0, 0.05) is 6.42 Å². The van der Waals surface area contributed by atoms with Crippen molar-refractivity contribution in [2.24, 2.45) is 5.73 Å². The molecule has 0 spiro atoms. The lowest BCUT2D eigenvalue weighted by Crippen LogP contribution is -2.50. The summed E-state index contributed by atoms with van der Waals surface area (Å²) < 4.78 is 5.68. The van der Waals surface area contributed by atoms with E-state index in [-0.39, 0.29) is 6.42 Å². The first-order chi connectivity index (χ1) is 12.5. The molecular weight excluding hydrogens is 336 g/mol. The fourth-order valence-electron chi connectivity index (χ4n) is 2.26. The number of aliphatic hydroxyl groups excluding tert-OH is 1. The predicted molar refractivity (Wildman–Crippen MR) is 95.5 cm³/mol. The van der Waals surface area contributed by atoms with Gasteiger partial charge in [0.25, 0.3) is 0 Å². The van der Waals surface area contributed by atoms with Crippen molar-refractivity contribution in [2.45, 2.75) is 25.1 Å². The third-order valence-electron chi connectivity index (χ3n) is 3.76. The van der Waals surface area contributed by atoms with Crippen molar-refractivity contribution < 1.29 is 24.5 Å². The normalized spacial score (nSPS) is 12.8. The minimum absolute atomic E-state index is 0.0954. The summed E-state index contributed by atoms with van der Waals surface area (Å²) in [4.78, 5) is 23.0. The van der Waals surface area contributed by atoms with Crippen LogP contribution in [0.2, 0.25) is 0 Å². The van der Waals surface area contributed by atoms with E-state index in [0.29, 0.717) is 12.4 Å². The maximum absolute atomic E-state index is 11.7. The highest BCUT2D eigenvalue weighted by molar-refractivity contribution is 5.87. The van der Waals surface area contributed by atoms with Crippen LogP contribution in [-0.2, 0) is 22.6 Å². The fraction of sp³-hybridized carbons (Fsp3) is 0.263. The van der Waals surface area contributed by atoms with Gasteiger partial charge in [-0.05, 0) is 23.3 Å². The molecule has 0 fully saturated rings. The molecule has 0 aromatic heterocycles. The highest BCUT2D eigenvalue weighted by Crippen LogP contribution is 2.15. The number of nitrogens with two attached hydrogens (primary N) is 1. The molecule has 5 N–H and O–H groups in total. The number of nitrogens with one attached hydrogen (secondary N) is 1. The highest BCUT2D eigenvalue weighted by atomic mass is 16.5. The van der Waals surface area contributed by atoms with Crippen molar-refractivity contribution in [1.29, 1.82) is 0 Å². The van der Waals surface area contributed by atoms with Gasteiger partial charge in [-0.15, -0.1) is 0 Å². The van der Waals surface area contributed by atoms with Crippen LogP contribution >= 0.6 is 0 Å². The van der Waals surface area contributed by atoms with Crippen LogP contribution in [0.5, 0.6) is 5.75 Å². The number of aliphatic carboxylic acids is 1. The van der Waals surface area contributed by atoms with Crippen LogP contribution in [0.25, 0.3) is 0 Å². The zero-order chi connectivity index (χ0) is 18.9. The zero-order valence-electron chi connectivity index (χ0n) is 14.2. The Kier molecular flexibility index (Phi) is 7.13. The Hall–Kier alpha value is -2.90. The predicted octanol–water partition coefficient (Wildman–Crippen LogP) is 0.697. The Morgan fingerprint density at radius 3 is 2.27 bits per heavy atom. The molecule has 0 heterocycles. The first-order valence-electron chi connectivity index (χ1n) is 8.15. The summed E-state index contributed by atoms with van der Waals surface area (Å²) in [6.45, 7) is -0.112. The molecule has 0 radical (unpaired) electrons. The largest absolute Gasteiger partial charge is 0.489 e. The molecule has 1 amide bonds. The summed E-state index contributed by atoms with van der Waals surface area (Å²) >= 11 is 0. The Labute approximate surface area is 151 Å². The smallest absolute Gasteiger partial charge is 0.326 e. The topological polar surface area (TPSA) is 122 Å². The maximum atomic E-state index is 11.7. The average Bonchev–Trinajstić information content (AvgIpc) is 2.66. The second kappa shape index (κ2) is 9.55. The molecule has 0 bridgehead atoms. The van der Waals surface area contributed by atoms with Crippen LogP contribution < -0.4 is 15.8 Å². The van der Waals surface area contributed by atoms with E-state index in [1.54, 1.807) is 24.3 Å². The number of carboxylic acids is 1. The molecule has 0 saturated carbocycles. The third-order valence-corrected chi connectivity index (χ3v) is 3.76. The molecule has 0 aliphatic carbocycles. The number of carbonyl (C=O) groups excluding carboxylic acids is 1. The number of carboxylic acid groups (broad SMARTS) is 1. The number of carbonyl (C=O) groups is 2. The van der Waals surface area contributed by atoms with E-state index in [1.165, 1.54) is 0 Å². The number of ether oxygens (including phenoxy) is 1. The van der Waals surface area contributed by atoms with Crippen LogP contribution in [-0.4, -0.2) is 40.8 Å². The molecule has 138 valence electrons. The van der Waals surface area contributed by atoms with Crippen LogP contribution in [0.15, 0.2) is 54.6 Å². The van der Waals surface area contributed by atoms with E-state index in [1.807, 2.05) is 30.3 Å². The molecule has 7 heteroatoms. The summed E-state index contributed by atoms with van der Waals surface area (Å²) in [6.07, 6.45) is 0.0954. The second-order valence-corrected chi connectivity index (χ2v) is 5.81. The van der Waals surface area contributed by atoms with Gasteiger partial charge in [0.15, 0.2) is 0 Å². The zero-order valence-corrected chi connectivity index (χ0v) is 14.2. The van der Waals surface area contributed by atoms with E-state index in [9.17, 15) is 14.7 Å². The molecule has 0 saturated heterocycles. The SMILES string of the molecule is N[C@@H](CO)C(=O)N[C@@H](Cc1ccc(OCc2ccccc2)cc1)C(=O)O. The minimum atomic E-state index is -1.17. The van der Waals surface area contributed by atoms with Crippen molar-refractivity contribution in [3.63, 3.8) is 0 Å². The summed E-state index contributed by atoms with van der Waals surface area (Å²) in [5.74, 6) is -1.22. The molecular formula is C19H22N2O5. The van der Waals surface area contributed by atoms with Crippen LogP contribution in [0.3, 0.4) is 0 Å². The van der Waals surface area contributed by atoms with Crippen molar-refractivity contribution in [3.8, 4) is 5.75 Å². The number of benzene rings is 2. The minimum Gasteiger partial charge on any atom is -0.489 e. The van der Waals surface area contributed by atoms with Crippen molar-refractivity contribution in [2.75, 3.05) is 6.61 Å². The Morgan fingerprint density at radius 1 is 1.04 bits per heavy atom. The number of amides is 1. The standard InChI is InChI=1S/C19H22N2O5/c20-16(11-22)18(23)21-17(19(24)25)10-13-6-8-15(9-7-13)26-12-14-4-2-1-3-5-14/h1-9,16-17,22H,10-12,20H2,(H,21,23)(H,24,25)/t16-,17-/m0/s1. The van der Waals surface area contributed by atoms with E-state index in [4.69, 9.17) is 15.6 Å². The second-order valence-electron chi connectivity index (χ2n) is 5.81. The number of rotatable bonds is 9. The number of hydrogen-bond acceptors (Lipinski definition) is 5. The first kappa shape index (κ1) is 19.4. The lowest BCUT2D eigenvalue weighted by atomic mass is 10.1. The summed E-state index contributed by atoms with van der Waals surface area (Å²) in [7, 11) is 0. The molecule has 2 aromatic rings. The van der Waals surface area contributed by atoms with Gasteiger partial charge in [0.1, 0.15) is 24.4 Å². The molecule has 0 aliphatic rings. The van der Waals surface area contributed by atoms with Crippen LogP contribution in [0, 0.1) is 0 Å². The van der Waals surface area contributed by atoms with Gasteiger partial charge in [-0.1, -0.05) is 42.5 Å². The van der Waals surface area contributed by atoms with E-state index >= 15 is 0 Å². The van der Waals surface area contributed by atoms with Gasteiger partial charge in [-0.2, -0.15) is 0 Å².